The van der Waals surface area contributed by atoms with Gasteiger partial charge in [-0.1, -0.05) is 36.4 Å². The van der Waals surface area contributed by atoms with Crippen molar-refractivity contribution in [2.75, 3.05) is 27.9 Å². The molecule has 2 aromatic carbocycles. The molecule has 0 saturated carbocycles. The van der Waals surface area contributed by atoms with Crippen LogP contribution in [0.4, 0.5) is 0 Å². The van der Waals surface area contributed by atoms with Crippen LogP contribution in [0.5, 0.6) is 11.5 Å². The third-order valence-electron chi connectivity index (χ3n) is 5.52. The topological polar surface area (TPSA) is 57.2 Å². The van der Waals surface area contributed by atoms with E-state index in [0.29, 0.717) is 24.5 Å². The van der Waals surface area contributed by atoms with Gasteiger partial charge in [-0.15, -0.1) is 0 Å². The van der Waals surface area contributed by atoms with Crippen LogP contribution in [-0.2, 0) is 19.9 Å². The highest BCUT2D eigenvalue weighted by atomic mass is 16.5. The Morgan fingerprint density at radius 2 is 1.78 bits per heavy atom. The maximum Gasteiger partial charge on any atom is 0.262 e. The Morgan fingerprint density at radius 1 is 1.04 bits per heavy atom. The summed E-state index contributed by atoms with van der Waals surface area (Å²) in [4.78, 5) is 15.3. The van der Waals surface area contributed by atoms with Gasteiger partial charge in [0.25, 0.3) is 5.91 Å². The van der Waals surface area contributed by atoms with Crippen molar-refractivity contribution in [3.8, 4) is 11.5 Å². The van der Waals surface area contributed by atoms with E-state index in [-0.39, 0.29) is 18.2 Å². The number of nitrogens with zero attached hydrogens (tertiary/aromatic N) is 1. The van der Waals surface area contributed by atoms with E-state index < -0.39 is 5.60 Å². The first-order valence-corrected chi connectivity index (χ1v) is 8.91. The number of carbonyl (C=O) groups is 1. The molecule has 2 aliphatic heterocycles. The highest BCUT2D eigenvalue weighted by molar-refractivity contribution is 5.90. The van der Waals surface area contributed by atoms with Crippen LogP contribution in [-0.4, -0.2) is 45.0 Å². The normalized spacial score (nSPS) is 26.9. The zero-order valence-electron chi connectivity index (χ0n) is 15.7. The summed E-state index contributed by atoms with van der Waals surface area (Å²) < 4.78 is 22.5. The average molecular weight is 369 g/mol. The fourth-order valence-corrected chi connectivity index (χ4v) is 4.08. The fraction of sp³-hybridized carbons (Fsp3) is 0.381. The van der Waals surface area contributed by atoms with Gasteiger partial charge < -0.3 is 23.8 Å². The molecule has 6 heteroatoms. The maximum atomic E-state index is 13.5. The van der Waals surface area contributed by atoms with Gasteiger partial charge in [0.05, 0.1) is 26.9 Å². The minimum Gasteiger partial charge on any atom is -0.493 e. The molecular weight excluding hydrogens is 346 g/mol. The monoisotopic (exact) mass is 369 g/mol. The predicted molar refractivity (Wildman–Crippen MR) is 98.6 cm³/mol. The van der Waals surface area contributed by atoms with Crippen LogP contribution >= 0.6 is 0 Å². The first-order chi connectivity index (χ1) is 13.1. The summed E-state index contributed by atoms with van der Waals surface area (Å²) in [5, 5.41) is 0. The third-order valence-corrected chi connectivity index (χ3v) is 5.52. The lowest BCUT2D eigenvalue weighted by Gasteiger charge is -2.29. The SMILES string of the molecule is COc1ccc([C@]2(OC)C[C@H]3OC[C@H](c4ccccc4)N3C2=O)cc1OC. The van der Waals surface area contributed by atoms with E-state index in [1.165, 1.54) is 0 Å². The standard InChI is InChI=1S/C21H23NO5/c1-24-17-10-9-15(11-18(17)25-2)21(26-3)12-19-22(20(21)23)16(13-27-19)14-7-5-4-6-8-14/h4-11,16,19H,12-13H2,1-3H3/t16-,19-,21-/m1/s1. The summed E-state index contributed by atoms with van der Waals surface area (Å²) in [6, 6.07) is 15.3. The lowest BCUT2D eigenvalue weighted by Crippen LogP contribution is -2.40. The second-order valence-electron chi connectivity index (χ2n) is 6.73. The zero-order chi connectivity index (χ0) is 19.0. The van der Waals surface area contributed by atoms with Gasteiger partial charge in [0.15, 0.2) is 17.1 Å². The second-order valence-corrected chi connectivity index (χ2v) is 6.73. The van der Waals surface area contributed by atoms with Crippen LogP contribution in [0.15, 0.2) is 48.5 Å². The molecule has 6 nitrogen and oxygen atoms in total. The van der Waals surface area contributed by atoms with Crippen molar-refractivity contribution in [2.24, 2.45) is 0 Å². The number of amides is 1. The molecule has 4 rings (SSSR count). The number of methoxy groups -OCH3 is 3. The van der Waals surface area contributed by atoms with Crippen LogP contribution in [0.25, 0.3) is 0 Å². The number of benzene rings is 2. The number of hydrogen-bond acceptors (Lipinski definition) is 5. The van der Waals surface area contributed by atoms with E-state index in [1.807, 2.05) is 41.3 Å². The van der Waals surface area contributed by atoms with Crippen LogP contribution in [0.3, 0.4) is 0 Å². The van der Waals surface area contributed by atoms with Gasteiger partial charge in [0, 0.05) is 13.5 Å². The smallest absolute Gasteiger partial charge is 0.262 e. The van der Waals surface area contributed by atoms with Gasteiger partial charge in [0.1, 0.15) is 6.23 Å². The summed E-state index contributed by atoms with van der Waals surface area (Å²) in [5.74, 6) is 1.08. The van der Waals surface area contributed by atoms with Crippen LogP contribution in [0.1, 0.15) is 23.6 Å². The van der Waals surface area contributed by atoms with Crippen molar-refractivity contribution >= 4 is 5.91 Å². The lowest BCUT2D eigenvalue weighted by molar-refractivity contribution is -0.149. The molecule has 0 bridgehead atoms. The molecule has 27 heavy (non-hydrogen) atoms. The van der Waals surface area contributed by atoms with E-state index >= 15 is 0 Å². The Balaban J connectivity index is 1.72. The van der Waals surface area contributed by atoms with Gasteiger partial charge in [-0.3, -0.25) is 4.79 Å². The Hall–Kier alpha value is -2.57. The van der Waals surface area contributed by atoms with Crippen molar-refractivity contribution in [2.45, 2.75) is 24.3 Å². The molecule has 0 aromatic heterocycles. The van der Waals surface area contributed by atoms with Crippen molar-refractivity contribution < 1.29 is 23.7 Å². The Labute approximate surface area is 158 Å². The molecule has 2 heterocycles. The molecule has 0 aliphatic carbocycles. The van der Waals surface area contributed by atoms with Gasteiger partial charge in [0.2, 0.25) is 0 Å². The van der Waals surface area contributed by atoms with Crippen LogP contribution in [0.2, 0.25) is 0 Å². The van der Waals surface area contributed by atoms with E-state index in [9.17, 15) is 4.79 Å². The number of hydrogen-bond donors (Lipinski definition) is 0. The highest BCUT2D eigenvalue weighted by Crippen LogP contribution is 2.48. The van der Waals surface area contributed by atoms with Crippen LogP contribution in [0, 0.1) is 0 Å². The number of carbonyl (C=O) groups excluding carboxylic acids is 1. The molecule has 2 aromatic rings. The fourth-order valence-electron chi connectivity index (χ4n) is 4.08. The largest absolute Gasteiger partial charge is 0.493 e. The number of fused-ring (bicyclic) bond motifs is 1. The first-order valence-electron chi connectivity index (χ1n) is 8.91. The molecule has 0 unspecified atom stereocenters. The Morgan fingerprint density at radius 3 is 2.44 bits per heavy atom. The first kappa shape index (κ1) is 17.8. The molecule has 2 saturated heterocycles. The Kier molecular flexibility index (Phi) is 4.53. The highest BCUT2D eigenvalue weighted by Gasteiger charge is 2.58. The van der Waals surface area contributed by atoms with Crippen molar-refractivity contribution in [3.05, 3.63) is 59.7 Å². The van der Waals surface area contributed by atoms with Crippen molar-refractivity contribution in [1.29, 1.82) is 0 Å². The van der Waals surface area contributed by atoms with Gasteiger partial charge in [-0.25, -0.2) is 0 Å². The number of rotatable bonds is 5. The predicted octanol–water partition coefficient (Wildman–Crippen LogP) is 2.88. The van der Waals surface area contributed by atoms with E-state index in [0.717, 1.165) is 11.1 Å². The summed E-state index contributed by atoms with van der Waals surface area (Å²) in [5.41, 5.74) is 0.697. The van der Waals surface area contributed by atoms with E-state index in [4.69, 9.17) is 18.9 Å². The zero-order valence-corrected chi connectivity index (χ0v) is 15.7. The molecule has 0 N–H and O–H groups in total. The quantitative estimate of drug-likeness (QED) is 0.811. The summed E-state index contributed by atoms with van der Waals surface area (Å²) in [7, 11) is 4.72. The van der Waals surface area contributed by atoms with Gasteiger partial charge >= 0.3 is 0 Å². The summed E-state index contributed by atoms with van der Waals surface area (Å²) >= 11 is 0. The maximum absolute atomic E-state index is 13.5. The summed E-state index contributed by atoms with van der Waals surface area (Å²) in [6.45, 7) is 0.492. The molecular formula is C21H23NO5. The van der Waals surface area contributed by atoms with E-state index in [2.05, 4.69) is 0 Å². The number of ether oxygens (including phenoxy) is 4. The summed E-state index contributed by atoms with van der Waals surface area (Å²) in [6.07, 6.45) is 0.122. The van der Waals surface area contributed by atoms with E-state index in [1.54, 1.807) is 33.5 Å². The Bertz CT molecular complexity index is 840. The lowest BCUT2D eigenvalue weighted by atomic mass is 9.90. The van der Waals surface area contributed by atoms with Gasteiger partial charge in [-0.2, -0.15) is 0 Å². The molecule has 2 aliphatic rings. The molecule has 0 radical (unpaired) electrons. The molecule has 2 fully saturated rings. The molecule has 1 amide bonds. The van der Waals surface area contributed by atoms with Crippen LogP contribution < -0.4 is 9.47 Å². The second kappa shape index (κ2) is 6.87. The minimum absolute atomic E-state index is 0.0893. The average Bonchev–Trinajstić information content (AvgIpc) is 3.26. The third kappa shape index (κ3) is 2.67. The minimum atomic E-state index is -1.10. The van der Waals surface area contributed by atoms with Gasteiger partial charge in [-0.05, 0) is 23.3 Å². The molecule has 3 atom stereocenters. The molecule has 0 spiro atoms. The van der Waals surface area contributed by atoms with Crippen molar-refractivity contribution in [1.82, 2.24) is 4.90 Å². The molecule has 142 valence electrons. The van der Waals surface area contributed by atoms with Crippen molar-refractivity contribution in [3.63, 3.8) is 0 Å².